The molecule has 0 amide bonds. The van der Waals surface area contributed by atoms with Crippen molar-refractivity contribution in [1.82, 2.24) is 0 Å². The Bertz CT molecular complexity index is 823. The van der Waals surface area contributed by atoms with Crippen molar-refractivity contribution in [2.75, 3.05) is 6.61 Å². The molecule has 0 aromatic carbocycles. The van der Waals surface area contributed by atoms with Crippen LogP contribution >= 0.6 is 0 Å². The van der Waals surface area contributed by atoms with Crippen LogP contribution in [0.1, 0.15) is 61.3 Å². The van der Waals surface area contributed by atoms with Crippen molar-refractivity contribution in [1.29, 1.82) is 0 Å². The first kappa shape index (κ1) is 26.4. The lowest BCUT2D eigenvalue weighted by Gasteiger charge is -2.44. The molecule has 0 aromatic rings. The maximum Gasteiger partial charge on any atom is 0.302 e. The van der Waals surface area contributed by atoms with E-state index in [0.29, 0.717) is 19.4 Å². The van der Waals surface area contributed by atoms with Crippen molar-refractivity contribution in [2.24, 2.45) is 5.41 Å². The fraction of sp³-hybridized carbons (Fsp3) is 0.500. The molecule has 0 bridgehead atoms. The summed E-state index contributed by atoms with van der Waals surface area (Å²) in [5.74, 6) is -0.614. The van der Waals surface area contributed by atoms with Gasteiger partial charge in [0.1, 0.15) is 12.7 Å². The zero-order valence-corrected chi connectivity index (χ0v) is 19.8. The van der Waals surface area contributed by atoms with E-state index in [1.165, 1.54) is 13.8 Å². The van der Waals surface area contributed by atoms with Gasteiger partial charge < -0.3 is 14.6 Å². The second kappa shape index (κ2) is 11.7. The molecule has 0 spiro atoms. The molecule has 1 aliphatic carbocycles. The molecule has 5 heteroatoms. The number of esters is 2. The zero-order valence-electron chi connectivity index (χ0n) is 19.8. The van der Waals surface area contributed by atoms with Crippen molar-refractivity contribution in [3.8, 4) is 0 Å². The number of carbonyl (C=O) groups excluding carboxylic acids is 2. The zero-order chi connectivity index (χ0) is 23.7. The lowest BCUT2D eigenvalue weighted by atomic mass is 9.65. The minimum absolute atomic E-state index is 0.289. The summed E-state index contributed by atoms with van der Waals surface area (Å²) in [5.41, 5.74) is 4.63. The first-order chi connectivity index (χ1) is 14.3. The highest BCUT2D eigenvalue weighted by Crippen LogP contribution is 2.46. The van der Waals surface area contributed by atoms with E-state index in [1.54, 1.807) is 6.92 Å². The fourth-order valence-corrected chi connectivity index (χ4v) is 3.74. The number of aliphatic hydroxyl groups is 1. The van der Waals surface area contributed by atoms with Crippen LogP contribution in [-0.4, -0.2) is 35.4 Å². The molecule has 1 rings (SSSR count). The second-order valence-electron chi connectivity index (χ2n) is 8.93. The molecular formula is C26H36O5. The monoisotopic (exact) mass is 428 g/mol. The summed E-state index contributed by atoms with van der Waals surface area (Å²) in [5, 5.41) is 11.0. The van der Waals surface area contributed by atoms with E-state index < -0.39 is 5.60 Å². The summed E-state index contributed by atoms with van der Waals surface area (Å²) >= 11 is 0. The quantitative estimate of drug-likeness (QED) is 0.345. The van der Waals surface area contributed by atoms with Crippen LogP contribution in [0.3, 0.4) is 0 Å². The Morgan fingerprint density at radius 1 is 1.00 bits per heavy atom. The summed E-state index contributed by atoms with van der Waals surface area (Å²) in [7, 11) is 0. The number of carbonyl (C=O) groups is 2. The van der Waals surface area contributed by atoms with E-state index in [0.717, 1.165) is 16.7 Å². The fourth-order valence-electron chi connectivity index (χ4n) is 3.74. The van der Waals surface area contributed by atoms with Crippen LogP contribution in [0, 0.1) is 5.41 Å². The molecule has 1 N–H and O–H groups in total. The molecule has 0 aromatic heterocycles. The van der Waals surface area contributed by atoms with Gasteiger partial charge in [-0.1, -0.05) is 50.3 Å². The Hall–Kier alpha value is -2.62. The molecule has 0 heterocycles. The highest BCUT2D eigenvalue weighted by Gasteiger charge is 2.46. The second-order valence-corrected chi connectivity index (χ2v) is 8.93. The predicted molar refractivity (Wildman–Crippen MR) is 123 cm³/mol. The summed E-state index contributed by atoms with van der Waals surface area (Å²) in [4.78, 5) is 22.1. The van der Waals surface area contributed by atoms with Gasteiger partial charge in [0.2, 0.25) is 0 Å². The van der Waals surface area contributed by atoms with Gasteiger partial charge in [0, 0.05) is 25.8 Å². The van der Waals surface area contributed by atoms with Gasteiger partial charge in [-0.25, -0.2) is 0 Å². The molecule has 5 nitrogen and oxygen atoms in total. The molecule has 0 saturated heterocycles. The molecule has 170 valence electrons. The number of hydrogen-bond donors (Lipinski definition) is 1. The average molecular weight is 429 g/mol. The van der Waals surface area contributed by atoms with Gasteiger partial charge in [-0.2, -0.15) is 0 Å². The van der Waals surface area contributed by atoms with Gasteiger partial charge in [-0.3, -0.25) is 9.59 Å². The normalized spacial score (nSPS) is 24.3. The Kier molecular flexibility index (Phi) is 9.96. The number of hydrogen-bond acceptors (Lipinski definition) is 5. The Morgan fingerprint density at radius 3 is 2.16 bits per heavy atom. The van der Waals surface area contributed by atoms with E-state index in [-0.39, 0.29) is 23.5 Å². The third-order valence-corrected chi connectivity index (χ3v) is 4.93. The minimum atomic E-state index is -1.09. The number of ether oxygens (including phenoxy) is 2. The van der Waals surface area contributed by atoms with Gasteiger partial charge >= 0.3 is 11.9 Å². The minimum Gasteiger partial charge on any atom is -0.462 e. The lowest BCUT2D eigenvalue weighted by Crippen LogP contribution is -2.46. The Morgan fingerprint density at radius 2 is 1.61 bits per heavy atom. The van der Waals surface area contributed by atoms with Gasteiger partial charge in [-0.15, -0.1) is 5.73 Å². The van der Waals surface area contributed by atoms with Crippen molar-refractivity contribution in [3.63, 3.8) is 0 Å². The van der Waals surface area contributed by atoms with Gasteiger partial charge in [-0.05, 0) is 49.8 Å². The summed E-state index contributed by atoms with van der Waals surface area (Å²) in [6, 6.07) is 0. The predicted octanol–water partition coefficient (Wildman–Crippen LogP) is 5.14. The lowest BCUT2D eigenvalue weighted by molar-refractivity contribution is -0.152. The topological polar surface area (TPSA) is 72.8 Å². The highest BCUT2D eigenvalue weighted by molar-refractivity contribution is 5.66. The third kappa shape index (κ3) is 9.82. The van der Waals surface area contributed by atoms with Crippen molar-refractivity contribution >= 4 is 11.9 Å². The average Bonchev–Trinajstić information content (AvgIpc) is 2.60. The van der Waals surface area contributed by atoms with Gasteiger partial charge in [0.15, 0.2) is 0 Å². The van der Waals surface area contributed by atoms with Crippen molar-refractivity contribution in [2.45, 2.75) is 73.0 Å². The summed E-state index contributed by atoms with van der Waals surface area (Å²) in [6.07, 6.45) is 14.0. The molecule has 0 radical (unpaired) electrons. The maximum atomic E-state index is 11.3. The van der Waals surface area contributed by atoms with Crippen molar-refractivity contribution in [3.05, 3.63) is 65.0 Å². The maximum absolute atomic E-state index is 11.3. The summed E-state index contributed by atoms with van der Waals surface area (Å²) < 4.78 is 10.3. The van der Waals surface area contributed by atoms with Gasteiger partial charge in [0.25, 0.3) is 0 Å². The first-order valence-corrected chi connectivity index (χ1v) is 10.5. The van der Waals surface area contributed by atoms with E-state index in [4.69, 9.17) is 9.47 Å². The standard InChI is InChI=1S/C26H36O5/c1-19(12-10-8-9-11-13-20(2)18-30-21(3)27)14-15-24-25(5,6)16-23(31-22(4)28)17-26(24,7)29/h8-14,23,29H,16-18H2,1-7H3/b10-8+,11-9+,19-12+,20-13+/t15?,23-,26+/m0/s1. The van der Waals surface area contributed by atoms with E-state index >= 15 is 0 Å². The molecule has 31 heavy (non-hydrogen) atoms. The van der Waals surface area contributed by atoms with Crippen molar-refractivity contribution < 1.29 is 24.2 Å². The van der Waals surface area contributed by atoms with Gasteiger partial charge in [0.05, 0.1) is 5.60 Å². The first-order valence-electron chi connectivity index (χ1n) is 10.5. The molecule has 1 fully saturated rings. The molecular weight excluding hydrogens is 392 g/mol. The van der Waals surface area contributed by atoms with Crippen LogP contribution in [-0.2, 0) is 19.1 Å². The van der Waals surface area contributed by atoms with Crippen LogP contribution in [0.25, 0.3) is 0 Å². The Labute approximate surface area is 186 Å². The molecule has 2 atom stereocenters. The van der Waals surface area contributed by atoms with E-state index in [9.17, 15) is 14.7 Å². The van der Waals surface area contributed by atoms with E-state index in [2.05, 4.69) is 5.73 Å². The third-order valence-electron chi connectivity index (χ3n) is 4.93. The van der Waals surface area contributed by atoms with Crippen LogP contribution in [0.5, 0.6) is 0 Å². The van der Waals surface area contributed by atoms with Crippen LogP contribution in [0.4, 0.5) is 0 Å². The molecule has 0 unspecified atom stereocenters. The van der Waals surface area contributed by atoms with Crippen LogP contribution in [0.2, 0.25) is 0 Å². The van der Waals surface area contributed by atoms with E-state index in [1.807, 2.05) is 70.2 Å². The highest BCUT2D eigenvalue weighted by atomic mass is 16.5. The SMILES string of the molecule is CC(=O)OC/C(C)=C/C=C/C=C/C=C(\C)C=C=C1C(C)(C)C[C@H](OC(C)=O)C[C@@]1(C)O. The number of rotatable bonds is 7. The molecule has 1 aliphatic rings. The van der Waals surface area contributed by atoms with Crippen LogP contribution in [0.15, 0.2) is 65.0 Å². The molecule has 0 aliphatic heterocycles. The Balaban J connectivity index is 2.83. The summed E-state index contributed by atoms with van der Waals surface area (Å²) in [6.45, 7) is 12.8. The molecule has 1 saturated carbocycles. The number of allylic oxidation sites excluding steroid dienone is 7. The van der Waals surface area contributed by atoms with Crippen LogP contribution < -0.4 is 0 Å². The largest absolute Gasteiger partial charge is 0.462 e. The smallest absolute Gasteiger partial charge is 0.302 e.